The van der Waals surface area contributed by atoms with Gasteiger partial charge in [0.2, 0.25) is 0 Å². The fourth-order valence-corrected chi connectivity index (χ4v) is 1.16. The molecule has 0 radical (unpaired) electrons. The quantitative estimate of drug-likeness (QED) is 0.555. The number of aromatic nitrogens is 3. The highest BCUT2D eigenvalue weighted by Crippen LogP contribution is 1.96. The maximum absolute atomic E-state index is 5.69. The molecule has 0 aliphatic carbocycles. The number of hydrogen-bond donors (Lipinski definition) is 2. The van der Waals surface area contributed by atoms with E-state index < -0.39 is 0 Å². The van der Waals surface area contributed by atoms with Gasteiger partial charge in [-0.25, -0.2) is 9.98 Å². The molecule has 0 aromatic carbocycles. The van der Waals surface area contributed by atoms with Crippen LogP contribution < -0.4 is 11.1 Å². The van der Waals surface area contributed by atoms with Gasteiger partial charge in [-0.05, 0) is 12.3 Å². The van der Waals surface area contributed by atoms with Crippen LogP contribution >= 0.6 is 0 Å². The van der Waals surface area contributed by atoms with E-state index >= 15 is 0 Å². The predicted molar refractivity (Wildman–Crippen MR) is 63.8 cm³/mol. The minimum absolute atomic E-state index is 0.418. The normalized spacial score (nSPS) is 12.1. The van der Waals surface area contributed by atoms with Gasteiger partial charge >= 0.3 is 0 Å². The number of guanidine groups is 1. The second kappa shape index (κ2) is 6.09. The van der Waals surface area contributed by atoms with E-state index in [2.05, 4.69) is 34.2 Å². The van der Waals surface area contributed by atoms with Crippen LogP contribution in [-0.4, -0.2) is 27.3 Å². The van der Waals surface area contributed by atoms with Gasteiger partial charge in [0.15, 0.2) is 11.8 Å². The summed E-state index contributed by atoms with van der Waals surface area (Å²) in [4.78, 5) is 8.21. The minimum atomic E-state index is 0.418. The number of nitrogens with zero attached hydrogens (tertiary/aromatic N) is 4. The summed E-state index contributed by atoms with van der Waals surface area (Å²) in [6, 6.07) is 0. The second-order valence-electron chi connectivity index (χ2n) is 4.15. The highest BCUT2D eigenvalue weighted by molar-refractivity contribution is 5.77. The Morgan fingerprint density at radius 1 is 1.62 bits per heavy atom. The zero-order valence-electron chi connectivity index (χ0n) is 10.1. The fraction of sp³-hybridized carbons (Fsp3) is 0.700. The Morgan fingerprint density at radius 3 is 2.94 bits per heavy atom. The van der Waals surface area contributed by atoms with Crippen molar-refractivity contribution in [3.05, 3.63) is 12.2 Å². The first kappa shape index (κ1) is 12.5. The molecule has 6 nitrogen and oxygen atoms in total. The van der Waals surface area contributed by atoms with Crippen LogP contribution in [0.4, 0.5) is 0 Å². The first-order valence-electron chi connectivity index (χ1n) is 5.46. The van der Waals surface area contributed by atoms with Crippen molar-refractivity contribution in [3.8, 4) is 0 Å². The number of nitrogens with two attached hydrogens (primary N) is 1. The lowest BCUT2D eigenvalue weighted by atomic mass is 10.1. The highest BCUT2D eigenvalue weighted by Gasteiger charge is 1.98. The lowest BCUT2D eigenvalue weighted by Gasteiger charge is -2.06. The predicted octanol–water partition coefficient (Wildman–Crippen LogP) is 0.265. The topological polar surface area (TPSA) is 81.1 Å². The van der Waals surface area contributed by atoms with Crippen molar-refractivity contribution >= 4 is 5.96 Å². The van der Waals surface area contributed by atoms with Gasteiger partial charge < -0.3 is 11.1 Å². The first-order chi connectivity index (χ1) is 7.58. The number of aliphatic imine (C=N–C) groups is 1. The maximum Gasteiger partial charge on any atom is 0.189 e. The first-order valence-corrected chi connectivity index (χ1v) is 5.46. The lowest BCUT2D eigenvalue weighted by molar-refractivity contribution is 0.576. The van der Waals surface area contributed by atoms with Crippen molar-refractivity contribution in [3.63, 3.8) is 0 Å². The van der Waals surface area contributed by atoms with Crippen LogP contribution in [0.2, 0.25) is 0 Å². The van der Waals surface area contributed by atoms with Crippen molar-refractivity contribution < 1.29 is 0 Å². The molecule has 1 aromatic rings. The van der Waals surface area contributed by atoms with Crippen LogP contribution in [0.25, 0.3) is 0 Å². The Balaban J connectivity index is 2.28. The average Bonchev–Trinajstić information content (AvgIpc) is 2.61. The second-order valence-corrected chi connectivity index (χ2v) is 4.15. The van der Waals surface area contributed by atoms with E-state index in [0.29, 0.717) is 24.2 Å². The number of nitrogens with one attached hydrogen (secondary N) is 1. The van der Waals surface area contributed by atoms with Crippen molar-refractivity contribution in [1.82, 2.24) is 20.1 Å². The SMILES string of the molecule is CC(C)CCNC(N)=NCc1ncn(C)n1. The summed E-state index contributed by atoms with van der Waals surface area (Å²) in [6.45, 7) is 5.61. The summed E-state index contributed by atoms with van der Waals surface area (Å²) in [5.74, 6) is 1.79. The van der Waals surface area contributed by atoms with Gasteiger partial charge in [0.05, 0.1) is 0 Å². The Labute approximate surface area is 96.0 Å². The van der Waals surface area contributed by atoms with Crippen LogP contribution in [0, 0.1) is 5.92 Å². The molecular formula is C10H20N6. The summed E-state index contributed by atoms with van der Waals surface area (Å²) in [6.07, 6.45) is 2.73. The molecule has 0 saturated heterocycles. The smallest absolute Gasteiger partial charge is 0.189 e. The third kappa shape index (κ3) is 4.77. The van der Waals surface area contributed by atoms with Crippen LogP contribution in [0.1, 0.15) is 26.1 Å². The minimum Gasteiger partial charge on any atom is -0.370 e. The summed E-state index contributed by atoms with van der Waals surface area (Å²) in [7, 11) is 1.82. The zero-order valence-corrected chi connectivity index (χ0v) is 10.1. The molecule has 1 aromatic heterocycles. The summed E-state index contributed by atoms with van der Waals surface area (Å²) >= 11 is 0. The van der Waals surface area contributed by atoms with Gasteiger partial charge in [-0.1, -0.05) is 13.8 Å². The number of rotatable bonds is 5. The number of aryl methyl sites for hydroxylation is 1. The molecule has 0 unspecified atom stereocenters. The molecule has 90 valence electrons. The molecule has 0 saturated carbocycles. The molecule has 0 fully saturated rings. The monoisotopic (exact) mass is 224 g/mol. The van der Waals surface area contributed by atoms with Crippen LogP contribution in [0.3, 0.4) is 0 Å². The van der Waals surface area contributed by atoms with Gasteiger partial charge in [0, 0.05) is 13.6 Å². The molecule has 0 aliphatic heterocycles. The van der Waals surface area contributed by atoms with E-state index in [-0.39, 0.29) is 0 Å². The van der Waals surface area contributed by atoms with E-state index in [4.69, 9.17) is 5.73 Å². The molecule has 0 bridgehead atoms. The average molecular weight is 224 g/mol. The number of hydrogen-bond acceptors (Lipinski definition) is 3. The van der Waals surface area contributed by atoms with Gasteiger partial charge in [0.1, 0.15) is 12.9 Å². The van der Waals surface area contributed by atoms with Crippen molar-refractivity contribution in [2.24, 2.45) is 23.7 Å². The Morgan fingerprint density at radius 2 is 2.38 bits per heavy atom. The molecular weight excluding hydrogens is 204 g/mol. The standard InChI is InChI=1S/C10H20N6/c1-8(2)4-5-12-10(11)13-6-9-14-7-16(3)15-9/h7-8H,4-6H2,1-3H3,(H3,11,12,13). The molecule has 1 heterocycles. The van der Waals surface area contributed by atoms with Crippen LogP contribution in [0.15, 0.2) is 11.3 Å². The van der Waals surface area contributed by atoms with E-state index in [1.165, 1.54) is 0 Å². The molecule has 16 heavy (non-hydrogen) atoms. The lowest BCUT2D eigenvalue weighted by Crippen LogP contribution is -2.32. The molecule has 0 aliphatic rings. The summed E-state index contributed by atoms with van der Waals surface area (Å²) in [5, 5.41) is 7.16. The fourth-order valence-electron chi connectivity index (χ4n) is 1.16. The van der Waals surface area contributed by atoms with Crippen molar-refractivity contribution in [2.45, 2.75) is 26.8 Å². The summed E-state index contributed by atoms with van der Waals surface area (Å²) in [5.41, 5.74) is 5.69. The molecule has 0 amide bonds. The van der Waals surface area contributed by atoms with Crippen LogP contribution in [-0.2, 0) is 13.6 Å². The van der Waals surface area contributed by atoms with Crippen LogP contribution in [0.5, 0.6) is 0 Å². The molecule has 0 spiro atoms. The van der Waals surface area contributed by atoms with E-state index in [0.717, 1.165) is 13.0 Å². The Hall–Kier alpha value is -1.59. The Bertz CT molecular complexity index is 341. The molecule has 3 N–H and O–H groups in total. The third-order valence-electron chi connectivity index (χ3n) is 2.07. The van der Waals surface area contributed by atoms with E-state index in [9.17, 15) is 0 Å². The molecule has 6 heteroatoms. The van der Waals surface area contributed by atoms with E-state index in [1.807, 2.05) is 7.05 Å². The molecule has 0 atom stereocenters. The zero-order chi connectivity index (χ0) is 12.0. The van der Waals surface area contributed by atoms with Gasteiger partial charge in [-0.3, -0.25) is 4.68 Å². The maximum atomic E-state index is 5.69. The van der Waals surface area contributed by atoms with Crippen molar-refractivity contribution in [1.29, 1.82) is 0 Å². The van der Waals surface area contributed by atoms with Gasteiger partial charge in [-0.15, -0.1) is 0 Å². The third-order valence-corrected chi connectivity index (χ3v) is 2.07. The van der Waals surface area contributed by atoms with Gasteiger partial charge in [-0.2, -0.15) is 5.10 Å². The van der Waals surface area contributed by atoms with E-state index in [1.54, 1.807) is 11.0 Å². The largest absolute Gasteiger partial charge is 0.370 e. The van der Waals surface area contributed by atoms with Crippen molar-refractivity contribution in [2.75, 3.05) is 6.54 Å². The highest BCUT2D eigenvalue weighted by atomic mass is 15.3. The van der Waals surface area contributed by atoms with Gasteiger partial charge in [0.25, 0.3) is 0 Å². The Kier molecular flexibility index (Phi) is 4.75. The summed E-state index contributed by atoms with van der Waals surface area (Å²) < 4.78 is 1.65. The molecule has 1 rings (SSSR count).